The maximum atomic E-state index is 12.6. The summed E-state index contributed by atoms with van der Waals surface area (Å²) in [5.41, 5.74) is 8.41. The topological polar surface area (TPSA) is 81.4 Å². The third kappa shape index (κ3) is 4.38. The molecule has 1 aliphatic carbocycles. The van der Waals surface area contributed by atoms with E-state index in [1.807, 2.05) is 24.3 Å². The Kier molecular flexibility index (Phi) is 5.33. The number of hydrogen-bond donors (Lipinski definition) is 2. The van der Waals surface area contributed by atoms with Gasteiger partial charge in [-0.1, -0.05) is 36.4 Å². The molecule has 0 bridgehead atoms. The van der Waals surface area contributed by atoms with Gasteiger partial charge in [-0.2, -0.15) is 0 Å². The summed E-state index contributed by atoms with van der Waals surface area (Å²) in [7, 11) is 0. The number of fused-ring (bicyclic) bond motifs is 1. The zero-order valence-corrected chi connectivity index (χ0v) is 14.0. The molecule has 1 unspecified atom stereocenters. The van der Waals surface area contributed by atoms with Gasteiger partial charge < -0.3 is 15.8 Å². The van der Waals surface area contributed by atoms with Gasteiger partial charge in [-0.25, -0.2) is 0 Å². The predicted molar refractivity (Wildman–Crippen MR) is 95.1 cm³/mol. The van der Waals surface area contributed by atoms with Crippen molar-refractivity contribution in [3.63, 3.8) is 0 Å². The van der Waals surface area contributed by atoms with Crippen molar-refractivity contribution in [2.75, 3.05) is 6.61 Å². The molecule has 0 aliphatic heterocycles. The molecule has 0 heterocycles. The van der Waals surface area contributed by atoms with Crippen LogP contribution in [0.5, 0.6) is 5.75 Å². The predicted octanol–water partition coefficient (Wildman–Crippen LogP) is 2.29. The minimum Gasteiger partial charge on any atom is -0.484 e. The standard InChI is InChI=1S/C20H22N2O3/c21-19(23)13-25-16-8-3-5-14(11-16)12-22-20(24)18-10-4-7-15-6-1-2-9-17(15)18/h1-3,5-6,8-9,11,18H,4,7,10,12-13H2,(H2,21,23)(H,22,24). The van der Waals surface area contributed by atoms with Gasteiger partial charge in [0.15, 0.2) is 6.61 Å². The van der Waals surface area contributed by atoms with Gasteiger partial charge in [0, 0.05) is 6.54 Å². The quantitative estimate of drug-likeness (QED) is 0.848. The maximum absolute atomic E-state index is 12.6. The highest BCUT2D eigenvalue weighted by molar-refractivity contribution is 5.84. The lowest BCUT2D eigenvalue weighted by Gasteiger charge is -2.24. The van der Waals surface area contributed by atoms with Crippen molar-refractivity contribution < 1.29 is 14.3 Å². The Morgan fingerprint density at radius 3 is 2.84 bits per heavy atom. The van der Waals surface area contributed by atoms with Crippen molar-refractivity contribution in [1.82, 2.24) is 5.32 Å². The molecule has 5 nitrogen and oxygen atoms in total. The fourth-order valence-corrected chi connectivity index (χ4v) is 3.24. The van der Waals surface area contributed by atoms with E-state index in [1.165, 1.54) is 5.56 Å². The second-order valence-corrected chi connectivity index (χ2v) is 6.26. The molecule has 0 radical (unpaired) electrons. The number of carbonyl (C=O) groups excluding carboxylic acids is 2. The Balaban J connectivity index is 1.61. The van der Waals surface area contributed by atoms with Crippen LogP contribution in [0.1, 0.15) is 35.4 Å². The van der Waals surface area contributed by atoms with Gasteiger partial charge in [0.2, 0.25) is 5.91 Å². The second kappa shape index (κ2) is 7.83. The molecule has 25 heavy (non-hydrogen) atoms. The molecule has 2 amide bonds. The van der Waals surface area contributed by atoms with Crippen LogP contribution in [0.2, 0.25) is 0 Å². The number of hydrogen-bond acceptors (Lipinski definition) is 3. The number of nitrogens with one attached hydrogen (secondary N) is 1. The van der Waals surface area contributed by atoms with Crippen LogP contribution < -0.4 is 15.8 Å². The van der Waals surface area contributed by atoms with Crippen molar-refractivity contribution in [3.8, 4) is 5.75 Å². The van der Waals surface area contributed by atoms with E-state index in [0.717, 1.165) is 30.4 Å². The van der Waals surface area contributed by atoms with Gasteiger partial charge >= 0.3 is 0 Å². The van der Waals surface area contributed by atoms with Gasteiger partial charge in [-0.15, -0.1) is 0 Å². The van der Waals surface area contributed by atoms with E-state index in [9.17, 15) is 9.59 Å². The summed E-state index contributed by atoms with van der Waals surface area (Å²) in [4.78, 5) is 23.4. The van der Waals surface area contributed by atoms with Crippen LogP contribution in [0, 0.1) is 0 Å². The summed E-state index contributed by atoms with van der Waals surface area (Å²) in [5, 5.41) is 3.02. The van der Waals surface area contributed by atoms with Crippen LogP contribution in [-0.4, -0.2) is 18.4 Å². The van der Waals surface area contributed by atoms with Crippen molar-refractivity contribution in [2.45, 2.75) is 31.7 Å². The third-order valence-corrected chi connectivity index (χ3v) is 4.43. The highest BCUT2D eigenvalue weighted by atomic mass is 16.5. The fraction of sp³-hybridized carbons (Fsp3) is 0.300. The van der Waals surface area contributed by atoms with Crippen LogP contribution >= 0.6 is 0 Å². The largest absolute Gasteiger partial charge is 0.484 e. The number of ether oxygens (including phenoxy) is 1. The molecule has 0 saturated heterocycles. The van der Waals surface area contributed by atoms with E-state index in [0.29, 0.717) is 12.3 Å². The summed E-state index contributed by atoms with van der Waals surface area (Å²) < 4.78 is 5.29. The molecule has 5 heteroatoms. The highest BCUT2D eigenvalue weighted by Crippen LogP contribution is 2.31. The second-order valence-electron chi connectivity index (χ2n) is 6.26. The number of rotatable bonds is 6. The molecular weight excluding hydrogens is 316 g/mol. The first kappa shape index (κ1) is 17.0. The lowest BCUT2D eigenvalue weighted by molar-refractivity contribution is -0.123. The van der Waals surface area contributed by atoms with Crippen molar-refractivity contribution in [1.29, 1.82) is 0 Å². The molecule has 1 atom stereocenters. The lowest BCUT2D eigenvalue weighted by atomic mass is 9.82. The summed E-state index contributed by atoms with van der Waals surface area (Å²) in [6.07, 6.45) is 2.95. The monoisotopic (exact) mass is 338 g/mol. The van der Waals surface area contributed by atoms with E-state index in [4.69, 9.17) is 10.5 Å². The average molecular weight is 338 g/mol. The molecule has 0 aromatic heterocycles. The van der Waals surface area contributed by atoms with Gasteiger partial charge in [-0.05, 0) is 48.1 Å². The minimum absolute atomic E-state index is 0.0515. The molecule has 1 aliphatic rings. The molecular formula is C20H22N2O3. The molecule has 0 spiro atoms. The number of amides is 2. The number of primary amides is 1. The van der Waals surface area contributed by atoms with E-state index in [-0.39, 0.29) is 18.4 Å². The van der Waals surface area contributed by atoms with Gasteiger partial charge in [0.25, 0.3) is 5.91 Å². The van der Waals surface area contributed by atoms with Crippen LogP contribution in [-0.2, 0) is 22.6 Å². The van der Waals surface area contributed by atoms with Crippen LogP contribution in [0.3, 0.4) is 0 Å². The average Bonchev–Trinajstić information content (AvgIpc) is 2.64. The van der Waals surface area contributed by atoms with Gasteiger partial charge in [0.1, 0.15) is 5.75 Å². The minimum atomic E-state index is -0.519. The van der Waals surface area contributed by atoms with Crippen molar-refractivity contribution >= 4 is 11.8 Å². The molecule has 3 N–H and O–H groups in total. The zero-order valence-electron chi connectivity index (χ0n) is 14.0. The summed E-state index contributed by atoms with van der Waals surface area (Å²) in [6, 6.07) is 15.5. The SMILES string of the molecule is NC(=O)COc1cccc(CNC(=O)C2CCCc3ccccc32)c1. The van der Waals surface area contributed by atoms with Gasteiger partial charge in [0.05, 0.1) is 5.92 Å². The number of benzene rings is 2. The maximum Gasteiger partial charge on any atom is 0.255 e. The van der Waals surface area contributed by atoms with E-state index in [2.05, 4.69) is 17.4 Å². The first-order valence-electron chi connectivity index (χ1n) is 8.49. The molecule has 0 saturated carbocycles. The third-order valence-electron chi connectivity index (χ3n) is 4.43. The fourth-order valence-electron chi connectivity index (χ4n) is 3.24. The first-order valence-corrected chi connectivity index (χ1v) is 8.49. The Morgan fingerprint density at radius 1 is 1.16 bits per heavy atom. The molecule has 0 fully saturated rings. The Labute approximate surface area is 147 Å². The number of carbonyl (C=O) groups is 2. The Morgan fingerprint density at radius 2 is 2.00 bits per heavy atom. The number of nitrogens with two attached hydrogens (primary N) is 1. The van der Waals surface area contributed by atoms with E-state index in [1.54, 1.807) is 12.1 Å². The molecule has 2 aromatic rings. The van der Waals surface area contributed by atoms with Gasteiger partial charge in [-0.3, -0.25) is 9.59 Å². The zero-order chi connectivity index (χ0) is 17.6. The molecule has 3 rings (SSSR count). The van der Waals surface area contributed by atoms with Crippen LogP contribution in [0.15, 0.2) is 48.5 Å². The lowest BCUT2D eigenvalue weighted by Crippen LogP contribution is -2.31. The summed E-state index contributed by atoms with van der Waals surface area (Å²) in [6.45, 7) is 0.264. The van der Waals surface area contributed by atoms with Crippen LogP contribution in [0.4, 0.5) is 0 Å². The summed E-state index contributed by atoms with van der Waals surface area (Å²) in [5.74, 6) is 0.0121. The highest BCUT2D eigenvalue weighted by Gasteiger charge is 2.25. The van der Waals surface area contributed by atoms with Crippen molar-refractivity contribution in [2.24, 2.45) is 5.73 Å². The van der Waals surface area contributed by atoms with E-state index < -0.39 is 5.91 Å². The Bertz CT molecular complexity index is 773. The van der Waals surface area contributed by atoms with Crippen LogP contribution in [0.25, 0.3) is 0 Å². The number of aryl methyl sites for hydroxylation is 1. The summed E-state index contributed by atoms with van der Waals surface area (Å²) >= 11 is 0. The molecule has 130 valence electrons. The normalized spacial score (nSPS) is 15.9. The first-order chi connectivity index (χ1) is 12.1. The Hall–Kier alpha value is -2.82. The van der Waals surface area contributed by atoms with Crippen molar-refractivity contribution in [3.05, 3.63) is 65.2 Å². The molecule has 2 aromatic carbocycles. The van der Waals surface area contributed by atoms with E-state index >= 15 is 0 Å². The smallest absolute Gasteiger partial charge is 0.255 e.